The standard InChI is InChI=1S/C11H20O/c1-2-8-9-6-4-3-5-7-10(9)11(8)12/h8-12H,2-7H2,1H3. The second kappa shape index (κ2) is 3.37. The molecule has 0 aromatic rings. The highest BCUT2D eigenvalue weighted by Crippen LogP contribution is 2.49. The lowest BCUT2D eigenvalue weighted by atomic mass is 9.59. The molecule has 2 aliphatic carbocycles. The zero-order valence-corrected chi connectivity index (χ0v) is 8.00. The minimum absolute atomic E-state index is 0.0538. The molecule has 4 unspecified atom stereocenters. The van der Waals surface area contributed by atoms with Gasteiger partial charge in [-0.3, -0.25) is 0 Å². The topological polar surface area (TPSA) is 20.2 Å². The maximum atomic E-state index is 9.83. The van der Waals surface area contributed by atoms with Gasteiger partial charge in [-0.05, 0) is 30.6 Å². The molecule has 2 fully saturated rings. The molecule has 1 N–H and O–H groups in total. The van der Waals surface area contributed by atoms with Crippen LogP contribution in [-0.2, 0) is 0 Å². The molecule has 2 aliphatic rings. The Bertz CT molecular complexity index is 155. The van der Waals surface area contributed by atoms with E-state index in [2.05, 4.69) is 6.92 Å². The molecule has 0 aromatic heterocycles. The molecule has 4 atom stereocenters. The smallest absolute Gasteiger partial charge is 0.0601 e. The number of aliphatic hydroxyl groups is 1. The second-order valence-electron chi connectivity index (χ2n) is 4.53. The number of rotatable bonds is 1. The van der Waals surface area contributed by atoms with Crippen LogP contribution in [0.1, 0.15) is 45.4 Å². The third-order valence-electron chi connectivity index (χ3n) is 4.02. The maximum Gasteiger partial charge on any atom is 0.0601 e. The summed E-state index contributed by atoms with van der Waals surface area (Å²) in [5, 5.41) is 9.83. The van der Waals surface area contributed by atoms with Crippen molar-refractivity contribution in [2.24, 2.45) is 17.8 Å². The average molecular weight is 168 g/mol. The van der Waals surface area contributed by atoms with E-state index in [0.29, 0.717) is 11.8 Å². The molecule has 2 rings (SSSR count). The van der Waals surface area contributed by atoms with E-state index in [1.807, 2.05) is 0 Å². The largest absolute Gasteiger partial charge is 0.393 e. The first-order valence-electron chi connectivity index (χ1n) is 5.52. The summed E-state index contributed by atoms with van der Waals surface area (Å²) >= 11 is 0. The van der Waals surface area contributed by atoms with Crippen molar-refractivity contribution in [2.75, 3.05) is 0 Å². The molecule has 2 saturated carbocycles. The maximum absolute atomic E-state index is 9.83. The molecule has 0 bridgehead atoms. The Hall–Kier alpha value is -0.0400. The number of fused-ring (bicyclic) bond motifs is 1. The lowest BCUT2D eigenvalue weighted by Gasteiger charge is -2.49. The van der Waals surface area contributed by atoms with Gasteiger partial charge in [0.05, 0.1) is 6.10 Å². The van der Waals surface area contributed by atoms with Gasteiger partial charge in [0.1, 0.15) is 0 Å². The van der Waals surface area contributed by atoms with Crippen LogP contribution < -0.4 is 0 Å². The Morgan fingerprint density at radius 3 is 2.42 bits per heavy atom. The van der Waals surface area contributed by atoms with E-state index < -0.39 is 0 Å². The predicted molar refractivity (Wildman–Crippen MR) is 49.9 cm³/mol. The highest BCUT2D eigenvalue weighted by Gasteiger charge is 2.47. The van der Waals surface area contributed by atoms with Gasteiger partial charge >= 0.3 is 0 Å². The van der Waals surface area contributed by atoms with E-state index >= 15 is 0 Å². The summed E-state index contributed by atoms with van der Waals surface area (Å²) in [7, 11) is 0. The first-order chi connectivity index (χ1) is 5.84. The Balaban J connectivity index is 1.98. The molecule has 0 radical (unpaired) electrons. The first kappa shape index (κ1) is 8.55. The summed E-state index contributed by atoms with van der Waals surface area (Å²) in [6.45, 7) is 2.22. The van der Waals surface area contributed by atoms with E-state index in [0.717, 1.165) is 5.92 Å². The fourth-order valence-electron chi connectivity index (χ4n) is 3.29. The Kier molecular flexibility index (Phi) is 2.40. The van der Waals surface area contributed by atoms with E-state index in [4.69, 9.17) is 0 Å². The van der Waals surface area contributed by atoms with Gasteiger partial charge < -0.3 is 5.11 Å². The van der Waals surface area contributed by atoms with Gasteiger partial charge in [-0.25, -0.2) is 0 Å². The van der Waals surface area contributed by atoms with Crippen LogP contribution in [0.5, 0.6) is 0 Å². The quantitative estimate of drug-likeness (QED) is 0.638. The van der Waals surface area contributed by atoms with Crippen molar-refractivity contribution in [3.8, 4) is 0 Å². The molecule has 1 heteroatoms. The molecule has 12 heavy (non-hydrogen) atoms. The Morgan fingerprint density at radius 2 is 1.75 bits per heavy atom. The Morgan fingerprint density at radius 1 is 1.08 bits per heavy atom. The van der Waals surface area contributed by atoms with Crippen molar-refractivity contribution < 1.29 is 5.11 Å². The zero-order valence-electron chi connectivity index (χ0n) is 8.00. The average Bonchev–Trinajstić information content (AvgIpc) is 2.28. The summed E-state index contributed by atoms with van der Waals surface area (Å²) in [5.41, 5.74) is 0. The molecule has 70 valence electrons. The summed E-state index contributed by atoms with van der Waals surface area (Å²) < 4.78 is 0. The van der Waals surface area contributed by atoms with E-state index in [-0.39, 0.29) is 6.10 Å². The molecule has 0 spiro atoms. The third-order valence-corrected chi connectivity index (χ3v) is 4.02. The van der Waals surface area contributed by atoms with Crippen LogP contribution >= 0.6 is 0 Å². The molecule has 0 aliphatic heterocycles. The summed E-state index contributed by atoms with van der Waals surface area (Å²) in [6, 6.07) is 0. The van der Waals surface area contributed by atoms with E-state index in [1.165, 1.54) is 38.5 Å². The van der Waals surface area contributed by atoms with Gasteiger partial charge in [0.15, 0.2) is 0 Å². The highest BCUT2D eigenvalue weighted by atomic mass is 16.3. The van der Waals surface area contributed by atoms with Crippen molar-refractivity contribution in [2.45, 2.75) is 51.6 Å². The fourth-order valence-corrected chi connectivity index (χ4v) is 3.29. The van der Waals surface area contributed by atoms with Gasteiger partial charge in [-0.2, -0.15) is 0 Å². The van der Waals surface area contributed by atoms with Crippen LogP contribution in [0.25, 0.3) is 0 Å². The summed E-state index contributed by atoms with van der Waals surface area (Å²) in [6.07, 6.45) is 8.08. The highest BCUT2D eigenvalue weighted by molar-refractivity contribution is 4.97. The molecule has 0 heterocycles. The Labute approximate surface area is 75.2 Å². The van der Waals surface area contributed by atoms with Crippen molar-refractivity contribution >= 4 is 0 Å². The second-order valence-corrected chi connectivity index (χ2v) is 4.53. The SMILES string of the molecule is CCC1C(O)C2CCCCCC12. The van der Waals surface area contributed by atoms with E-state index in [9.17, 15) is 5.11 Å². The van der Waals surface area contributed by atoms with Gasteiger partial charge in [-0.15, -0.1) is 0 Å². The van der Waals surface area contributed by atoms with Crippen molar-refractivity contribution in [3.63, 3.8) is 0 Å². The number of hydrogen-bond acceptors (Lipinski definition) is 1. The van der Waals surface area contributed by atoms with Crippen LogP contribution in [0.3, 0.4) is 0 Å². The third kappa shape index (κ3) is 1.19. The van der Waals surface area contributed by atoms with Crippen molar-refractivity contribution in [3.05, 3.63) is 0 Å². The lowest BCUT2D eigenvalue weighted by molar-refractivity contribution is -0.106. The first-order valence-corrected chi connectivity index (χ1v) is 5.52. The molecular weight excluding hydrogens is 148 g/mol. The summed E-state index contributed by atoms with van der Waals surface area (Å²) in [4.78, 5) is 0. The van der Waals surface area contributed by atoms with Gasteiger partial charge in [0, 0.05) is 0 Å². The summed E-state index contributed by atoms with van der Waals surface area (Å²) in [5.74, 6) is 2.21. The van der Waals surface area contributed by atoms with Crippen LogP contribution in [0.2, 0.25) is 0 Å². The minimum Gasteiger partial charge on any atom is -0.393 e. The molecule has 0 saturated heterocycles. The molecule has 0 aromatic carbocycles. The zero-order chi connectivity index (χ0) is 8.55. The van der Waals surface area contributed by atoms with Gasteiger partial charge in [0.25, 0.3) is 0 Å². The van der Waals surface area contributed by atoms with Crippen LogP contribution in [0.15, 0.2) is 0 Å². The lowest BCUT2D eigenvalue weighted by Crippen LogP contribution is -2.50. The molecular formula is C11H20O. The van der Waals surface area contributed by atoms with E-state index in [1.54, 1.807) is 0 Å². The van der Waals surface area contributed by atoms with Gasteiger partial charge in [-0.1, -0.05) is 32.6 Å². The number of hydrogen-bond donors (Lipinski definition) is 1. The predicted octanol–water partition coefficient (Wildman–Crippen LogP) is 2.58. The van der Waals surface area contributed by atoms with Crippen LogP contribution in [0, 0.1) is 17.8 Å². The van der Waals surface area contributed by atoms with Crippen molar-refractivity contribution in [1.29, 1.82) is 0 Å². The monoisotopic (exact) mass is 168 g/mol. The van der Waals surface area contributed by atoms with Crippen molar-refractivity contribution in [1.82, 2.24) is 0 Å². The minimum atomic E-state index is 0.0538. The van der Waals surface area contributed by atoms with Crippen LogP contribution in [0.4, 0.5) is 0 Å². The number of aliphatic hydroxyl groups excluding tert-OH is 1. The fraction of sp³-hybridized carbons (Fsp3) is 1.00. The van der Waals surface area contributed by atoms with Gasteiger partial charge in [0.2, 0.25) is 0 Å². The van der Waals surface area contributed by atoms with Crippen LogP contribution in [-0.4, -0.2) is 11.2 Å². The normalized spacial score (nSPS) is 47.5. The molecule has 1 nitrogen and oxygen atoms in total. The molecule has 0 amide bonds.